The summed E-state index contributed by atoms with van der Waals surface area (Å²) in [6, 6.07) is 13.9. The Kier molecular flexibility index (Phi) is 4.50. The molecule has 100 valence electrons. The van der Waals surface area contributed by atoms with Crippen molar-refractivity contribution >= 4 is 43.2 Å². The largest absolute Gasteiger partial charge is 0.282 e. The molecule has 0 atom stereocenters. The van der Waals surface area contributed by atoms with Crippen LogP contribution >= 0.6 is 27.5 Å². The molecule has 0 amide bonds. The molecule has 0 saturated carbocycles. The molecule has 0 aliphatic heterocycles. The number of nitrogens with one attached hydrogen (secondary N) is 1. The van der Waals surface area contributed by atoms with Crippen LogP contribution in [0.4, 0.5) is 5.69 Å². The van der Waals surface area contributed by atoms with Gasteiger partial charge in [-0.25, -0.2) is 8.42 Å². The lowest BCUT2D eigenvalue weighted by Gasteiger charge is -2.10. The van der Waals surface area contributed by atoms with Crippen molar-refractivity contribution in [1.29, 1.82) is 0 Å². The van der Waals surface area contributed by atoms with Gasteiger partial charge in [-0.3, -0.25) is 4.72 Å². The van der Waals surface area contributed by atoms with Crippen molar-refractivity contribution in [3.8, 4) is 0 Å². The molecule has 3 nitrogen and oxygen atoms in total. The van der Waals surface area contributed by atoms with Crippen LogP contribution in [0, 0.1) is 0 Å². The molecule has 0 radical (unpaired) electrons. The first kappa shape index (κ1) is 14.4. The van der Waals surface area contributed by atoms with Crippen LogP contribution in [0.2, 0.25) is 5.02 Å². The second kappa shape index (κ2) is 5.94. The maximum absolute atomic E-state index is 12.1. The molecule has 0 unspecified atom stereocenters. The molecule has 6 heteroatoms. The predicted octanol–water partition coefficient (Wildman–Crippen LogP) is 4.04. The molecule has 2 aromatic rings. The van der Waals surface area contributed by atoms with Crippen LogP contribution in [-0.2, 0) is 15.8 Å². The van der Waals surface area contributed by atoms with Crippen LogP contribution in [0.3, 0.4) is 0 Å². The molecule has 0 fully saturated rings. The lowest BCUT2D eigenvalue weighted by atomic mass is 10.2. The van der Waals surface area contributed by atoms with E-state index in [1.165, 1.54) is 0 Å². The third-order valence-electron chi connectivity index (χ3n) is 2.44. The maximum Gasteiger partial charge on any atom is 0.237 e. The number of benzene rings is 2. The van der Waals surface area contributed by atoms with Crippen LogP contribution in [-0.4, -0.2) is 8.42 Å². The van der Waals surface area contributed by atoms with E-state index in [4.69, 9.17) is 11.6 Å². The van der Waals surface area contributed by atoms with E-state index >= 15 is 0 Å². The first-order valence-corrected chi connectivity index (χ1v) is 8.29. The van der Waals surface area contributed by atoms with Crippen LogP contribution in [0.25, 0.3) is 0 Å². The van der Waals surface area contributed by atoms with E-state index in [9.17, 15) is 8.42 Å². The smallest absolute Gasteiger partial charge is 0.237 e. The maximum atomic E-state index is 12.1. The lowest BCUT2D eigenvalue weighted by molar-refractivity contribution is 0.600. The summed E-state index contributed by atoms with van der Waals surface area (Å²) in [5.74, 6) is -0.159. The van der Waals surface area contributed by atoms with Crippen LogP contribution in [0.5, 0.6) is 0 Å². The van der Waals surface area contributed by atoms with Gasteiger partial charge >= 0.3 is 0 Å². The zero-order valence-corrected chi connectivity index (χ0v) is 13.0. The summed E-state index contributed by atoms with van der Waals surface area (Å²) in [4.78, 5) is 0. The highest BCUT2D eigenvalue weighted by molar-refractivity contribution is 9.10. The zero-order chi connectivity index (χ0) is 13.9. The van der Waals surface area contributed by atoms with Gasteiger partial charge in [0.1, 0.15) is 0 Å². The fourth-order valence-corrected chi connectivity index (χ4v) is 3.61. The highest BCUT2D eigenvalue weighted by Gasteiger charge is 2.14. The number of anilines is 1. The van der Waals surface area contributed by atoms with Gasteiger partial charge in [-0.1, -0.05) is 41.9 Å². The number of sulfonamides is 1. The highest BCUT2D eigenvalue weighted by atomic mass is 79.9. The van der Waals surface area contributed by atoms with E-state index in [1.54, 1.807) is 42.5 Å². The van der Waals surface area contributed by atoms with Crippen molar-refractivity contribution in [3.63, 3.8) is 0 Å². The van der Waals surface area contributed by atoms with E-state index in [1.807, 2.05) is 6.07 Å². The van der Waals surface area contributed by atoms with E-state index < -0.39 is 10.0 Å². The van der Waals surface area contributed by atoms with Gasteiger partial charge in [0.05, 0.1) is 11.4 Å². The quantitative estimate of drug-likeness (QED) is 0.894. The Morgan fingerprint density at radius 1 is 1.05 bits per heavy atom. The lowest BCUT2D eigenvalue weighted by Crippen LogP contribution is -2.15. The summed E-state index contributed by atoms with van der Waals surface area (Å²) in [5, 5.41) is 0.444. The Hall–Kier alpha value is -1.04. The van der Waals surface area contributed by atoms with Gasteiger partial charge in [-0.05, 0) is 39.7 Å². The van der Waals surface area contributed by atoms with Gasteiger partial charge in [0.15, 0.2) is 0 Å². The molecule has 0 aliphatic rings. The van der Waals surface area contributed by atoms with E-state index in [-0.39, 0.29) is 5.75 Å². The van der Waals surface area contributed by atoms with Crippen molar-refractivity contribution in [2.45, 2.75) is 5.75 Å². The molecule has 0 spiro atoms. The predicted molar refractivity (Wildman–Crippen MR) is 81.8 cm³/mol. The minimum atomic E-state index is -3.50. The number of hydrogen-bond donors (Lipinski definition) is 1. The van der Waals surface area contributed by atoms with Crippen molar-refractivity contribution in [3.05, 3.63) is 63.6 Å². The minimum Gasteiger partial charge on any atom is -0.282 e. The van der Waals surface area contributed by atoms with E-state index in [0.29, 0.717) is 20.7 Å². The summed E-state index contributed by atoms with van der Waals surface area (Å²) < 4.78 is 27.4. The molecule has 2 aromatic carbocycles. The minimum absolute atomic E-state index is 0.159. The van der Waals surface area contributed by atoms with Gasteiger partial charge in [-0.15, -0.1) is 0 Å². The van der Waals surface area contributed by atoms with E-state index in [2.05, 4.69) is 20.7 Å². The van der Waals surface area contributed by atoms with Gasteiger partial charge in [-0.2, -0.15) is 0 Å². The number of rotatable bonds is 4. The monoisotopic (exact) mass is 359 g/mol. The van der Waals surface area contributed by atoms with Crippen molar-refractivity contribution in [2.75, 3.05) is 4.72 Å². The molecule has 0 heterocycles. The topological polar surface area (TPSA) is 46.2 Å². The van der Waals surface area contributed by atoms with Gasteiger partial charge < -0.3 is 0 Å². The molecule has 1 N–H and O–H groups in total. The highest BCUT2D eigenvalue weighted by Crippen LogP contribution is 2.24. The second-order valence-electron chi connectivity index (χ2n) is 3.93. The van der Waals surface area contributed by atoms with Crippen molar-refractivity contribution < 1.29 is 8.42 Å². The summed E-state index contributed by atoms with van der Waals surface area (Å²) in [5.41, 5.74) is 1.08. The number of hydrogen-bond acceptors (Lipinski definition) is 2. The Bertz CT molecular complexity index is 635. The average molecular weight is 361 g/mol. The Labute approximate surface area is 125 Å². The Morgan fingerprint density at radius 3 is 2.37 bits per heavy atom. The van der Waals surface area contributed by atoms with Gasteiger partial charge in [0, 0.05) is 9.50 Å². The summed E-state index contributed by atoms with van der Waals surface area (Å²) in [7, 11) is -3.50. The SMILES string of the molecule is O=S(=O)(Cc1ccccc1Cl)Nc1ccccc1Br. The summed E-state index contributed by atoms with van der Waals surface area (Å²) in [6.45, 7) is 0. The third-order valence-corrected chi connectivity index (χ3v) is 4.72. The zero-order valence-electron chi connectivity index (χ0n) is 9.81. The second-order valence-corrected chi connectivity index (χ2v) is 6.92. The van der Waals surface area contributed by atoms with Crippen molar-refractivity contribution in [2.24, 2.45) is 0 Å². The molecule has 0 aliphatic carbocycles. The molecule has 19 heavy (non-hydrogen) atoms. The van der Waals surface area contributed by atoms with Crippen LogP contribution in [0.15, 0.2) is 53.0 Å². The number of para-hydroxylation sites is 1. The molecular formula is C13H11BrClNO2S. The first-order chi connectivity index (χ1) is 8.98. The third kappa shape index (κ3) is 3.96. The molecule has 0 saturated heterocycles. The molecular weight excluding hydrogens is 350 g/mol. The standard InChI is InChI=1S/C13H11BrClNO2S/c14-11-6-2-4-8-13(11)16-19(17,18)9-10-5-1-3-7-12(10)15/h1-8,16H,9H2. The molecule has 0 bridgehead atoms. The van der Waals surface area contributed by atoms with Crippen LogP contribution < -0.4 is 4.72 Å². The van der Waals surface area contributed by atoms with Crippen molar-refractivity contribution in [1.82, 2.24) is 0 Å². The summed E-state index contributed by atoms with van der Waals surface area (Å²) in [6.07, 6.45) is 0. The molecule has 0 aromatic heterocycles. The first-order valence-electron chi connectivity index (χ1n) is 5.46. The Balaban J connectivity index is 2.21. The average Bonchev–Trinajstić information content (AvgIpc) is 2.35. The normalized spacial score (nSPS) is 11.3. The van der Waals surface area contributed by atoms with Gasteiger partial charge in [0.2, 0.25) is 10.0 Å². The summed E-state index contributed by atoms with van der Waals surface area (Å²) >= 11 is 9.26. The number of halogens is 2. The van der Waals surface area contributed by atoms with E-state index in [0.717, 1.165) is 0 Å². The fraction of sp³-hybridized carbons (Fsp3) is 0.0769. The van der Waals surface area contributed by atoms with Gasteiger partial charge in [0.25, 0.3) is 0 Å². The van der Waals surface area contributed by atoms with Crippen LogP contribution in [0.1, 0.15) is 5.56 Å². The molecule has 2 rings (SSSR count). The fourth-order valence-electron chi connectivity index (χ4n) is 1.57. The Morgan fingerprint density at radius 2 is 1.68 bits per heavy atom.